The molecule has 0 aliphatic carbocycles. The molecule has 0 bridgehead atoms. The smallest absolute Gasteiger partial charge is 0.253 e. The summed E-state index contributed by atoms with van der Waals surface area (Å²) in [6.45, 7) is 2.83. The van der Waals surface area contributed by atoms with E-state index >= 15 is 0 Å². The van der Waals surface area contributed by atoms with Gasteiger partial charge in [-0.05, 0) is 42.2 Å². The molecule has 2 aliphatic rings. The number of hydrogen-bond donors (Lipinski definition) is 0. The van der Waals surface area contributed by atoms with Gasteiger partial charge >= 0.3 is 0 Å². The van der Waals surface area contributed by atoms with Gasteiger partial charge in [-0.3, -0.25) is 9.48 Å². The molecule has 2 aliphatic heterocycles. The lowest BCUT2D eigenvalue weighted by Gasteiger charge is -2.33. The molecule has 114 valence electrons. The van der Waals surface area contributed by atoms with Crippen molar-refractivity contribution in [3.63, 3.8) is 0 Å². The van der Waals surface area contributed by atoms with Gasteiger partial charge in [0.1, 0.15) is 0 Å². The van der Waals surface area contributed by atoms with Crippen LogP contribution in [0.3, 0.4) is 0 Å². The normalized spacial score (nSPS) is 20.9. The van der Waals surface area contributed by atoms with E-state index in [-0.39, 0.29) is 11.9 Å². The van der Waals surface area contributed by atoms with Crippen LogP contribution in [0.4, 0.5) is 0 Å². The van der Waals surface area contributed by atoms with Gasteiger partial charge in [-0.25, -0.2) is 0 Å². The molecular formula is C17H19N3O2. The molecular weight excluding hydrogens is 278 g/mol. The number of likely N-dealkylation sites (tertiary alicyclic amines) is 1. The third-order valence-corrected chi connectivity index (χ3v) is 4.55. The number of carbonyl (C=O) groups excluding carboxylic acids is 1. The van der Waals surface area contributed by atoms with Gasteiger partial charge in [0, 0.05) is 31.0 Å². The number of rotatable bonds is 2. The Hall–Kier alpha value is -2.14. The fraction of sp³-hybridized carbons (Fsp3) is 0.412. The van der Waals surface area contributed by atoms with Gasteiger partial charge in [-0.1, -0.05) is 6.07 Å². The van der Waals surface area contributed by atoms with Gasteiger partial charge in [0.2, 0.25) is 0 Å². The minimum absolute atomic E-state index is 0.117. The summed E-state index contributed by atoms with van der Waals surface area (Å²) in [5.41, 5.74) is 3.11. The van der Waals surface area contributed by atoms with Crippen LogP contribution >= 0.6 is 0 Å². The monoisotopic (exact) mass is 297 g/mol. The Balaban J connectivity index is 1.52. The van der Waals surface area contributed by atoms with Crippen LogP contribution < -0.4 is 0 Å². The predicted molar refractivity (Wildman–Crippen MR) is 81.3 cm³/mol. The summed E-state index contributed by atoms with van der Waals surface area (Å²) >= 11 is 0. The summed E-state index contributed by atoms with van der Waals surface area (Å²) in [7, 11) is 0. The molecule has 1 unspecified atom stereocenters. The first-order valence-electron chi connectivity index (χ1n) is 7.79. The van der Waals surface area contributed by atoms with Crippen LogP contribution in [0.25, 0.3) is 0 Å². The number of fused-ring (bicyclic) bond motifs is 1. The largest absolute Gasteiger partial charge is 0.372 e. The quantitative estimate of drug-likeness (QED) is 0.855. The van der Waals surface area contributed by atoms with E-state index < -0.39 is 0 Å². The summed E-state index contributed by atoms with van der Waals surface area (Å²) in [6.07, 6.45) is 5.86. The van der Waals surface area contributed by atoms with E-state index in [1.54, 1.807) is 6.20 Å². The average Bonchev–Trinajstić information content (AvgIpc) is 3.25. The molecule has 0 N–H and O–H groups in total. The van der Waals surface area contributed by atoms with Crippen LogP contribution in [0.2, 0.25) is 0 Å². The molecule has 5 nitrogen and oxygen atoms in total. The summed E-state index contributed by atoms with van der Waals surface area (Å²) in [5, 5.41) is 4.32. The summed E-state index contributed by atoms with van der Waals surface area (Å²) in [4.78, 5) is 14.7. The van der Waals surface area contributed by atoms with Crippen molar-refractivity contribution in [1.82, 2.24) is 14.7 Å². The lowest BCUT2D eigenvalue weighted by atomic mass is 10.0. The molecule has 3 heterocycles. The molecule has 2 aromatic rings. The van der Waals surface area contributed by atoms with Gasteiger partial charge in [0.05, 0.1) is 19.3 Å². The molecule has 5 heteroatoms. The Labute approximate surface area is 129 Å². The maximum Gasteiger partial charge on any atom is 0.253 e. The molecule has 1 amide bonds. The first-order valence-corrected chi connectivity index (χ1v) is 7.79. The van der Waals surface area contributed by atoms with E-state index in [2.05, 4.69) is 5.10 Å². The fourth-order valence-electron chi connectivity index (χ4n) is 3.34. The lowest BCUT2D eigenvalue weighted by molar-refractivity contribution is 0.0673. The Morgan fingerprint density at radius 3 is 3.05 bits per heavy atom. The van der Waals surface area contributed by atoms with E-state index in [9.17, 15) is 4.79 Å². The second-order valence-electron chi connectivity index (χ2n) is 6.01. The molecule has 1 aromatic heterocycles. The van der Waals surface area contributed by atoms with Crippen molar-refractivity contribution >= 4 is 5.91 Å². The van der Waals surface area contributed by atoms with Crippen molar-refractivity contribution in [1.29, 1.82) is 0 Å². The summed E-state index contributed by atoms with van der Waals surface area (Å²) in [5.74, 6) is 0.117. The van der Waals surface area contributed by atoms with Crippen LogP contribution in [0.1, 0.15) is 40.4 Å². The topological polar surface area (TPSA) is 47.4 Å². The Morgan fingerprint density at radius 2 is 2.18 bits per heavy atom. The SMILES string of the molecule is O=C(c1ccc2c(c1)COC2)N1CCCC(n2cccn2)C1. The van der Waals surface area contributed by atoms with Crippen molar-refractivity contribution in [3.8, 4) is 0 Å². The van der Waals surface area contributed by atoms with Crippen LogP contribution in [0, 0.1) is 0 Å². The maximum absolute atomic E-state index is 12.8. The number of benzene rings is 1. The second kappa shape index (κ2) is 5.57. The van der Waals surface area contributed by atoms with Gasteiger partial charge in [0.25, 0.3) is 5.91 Å². The Bertz CT molecular complexity index is 681. The minimum Gasteiger partial charge on any atom is -0.372 e. The number of piperidine rings is 1. The van der Waals surface area contributed by atoms with E-state index in [1.807, 2.05) is 40.0 Å². The van der Waals surface area contributed by atoms with Crippen LogP contribution in [0.15, 0.2) is 36.7 Å². The van der Waals surface area contributed by atoms with Crippen LogP contribution in [0.5, 0.6) is 0 Å². The standard InChI is InChI=1S/C17H19N3O2/c21-17(13-4-5-14-11-22-12-15(14)9-13)19-7-1-3-16(10-19)20-8-2-6-18-20/h2,4-6,8-9,16H,1,3,7,10-12H2. The van der Waals surface area contributed by atoms with Crippen molar-refractivity contribution in [3.05, 3.63) is 53.3 Å². The molecule has 0 radical (unpaired) electrons. The molecule has 4 rings (SSSR count). The Kier molecular flexibility index (Phi) is 3.42. The van der Waals surface area contributed by atoms with Crippen molar-refractivity contribution in [2.24, 2.45) is 0 Å². The third kappa shape index (κ3) is 2.41. The minimum atomic E-state index is 0.117. The van der Waals surface area contributed by atoms with Gasteiger partial charge in [-0.15, -0.1) is 0 Å². The lowest BCUT2D eigenvalue weighted by Crippen LogP contribution is -2.40. The number of aromatic nitrogens is 2. The number of nitrogens with zero attached hydrogens (tertiary/aromatic N) is 3. The van der Waals surface area contributed by atoms with Gasteiger partial charge < -0.3 is 9.64 Å². The predicted octanol–water partition coefficient (Wildman–Crippen LogP) is 2.39. The highest BCUT2D eigenvalue weighted by molar-refractivity contribution is 5.94. The number of hydrogen-bond acceptors (Lipinski definition) is 3. The molecule has 22 heavy (non-hydrogen) atoms. The van der Waals surface area contributed by atoms with Crippen molar-refractivity contribution in [2.75, 3.05) is 13.1 Å². The first-order chi connectivity index (χ1) is 10.8. The highest BCUT2D eigenvalue weighted by atomic mass is 16.5. The summed E-state index contributed by atoms with van der Waals surface area (Å²) in [6, 6.07) is 8.15. The average molecular weight is 297 g/mol. The highest BCUT2D eigenvalue weighted by Gasteiger charge is 2.26. The van der Waals surface area contributed by atoms with Crippen molar-refractivity contribution < 1.29 is 9.53 Å². The maximum atomic E-state index is 12.8. The molecule has 0 saturated carbocycles. The van der Waals surface area contributed by atoms with Crippen LogP contribution in [-0.4, -0.2) is 33.7 Å². The Morgan fingerprint density at radius 1 is 1.27 bits per heavy atom. The molecule has 1 saturated heterocycles. The molecule has 1 aromatic carbocycles. The van der Waals surface area contributed by atoms with E-state index in [4.69, 9.17) is 4.74 Å². The van der Waals surface area contributed by atoms with E-state index in [1.165, 1.54) is 5.56 Å². The molecule has 1 fully saturated rings. The highest BCUT2D eigenvalue weighted by Crippen LogP contribution is 2.25. The third-order valence-electron chi connectivity index (χ3n) is 4.55. The zero-order chi connectivity index (χ0) is 14.9. The fourth-order valence-corrected chi connectivity index (χ4v) is 3.34. The summed E-state index contributed by atoms with van der Waals surface area (Å²) < 4.78 is 7.39. The zero-order valence-corrected chi connectivity index (χ0v) is 12.4. The number of carbonyl (C=O) groups is 1. The number of amides is 1. The molecule has 1 atom stereocenters. The van der Waals surface area contributed by atoms with Gasteiger partial charge in [-0.2, -0.15) is 5.10 Å². The number of ether oxygens (including phenoxy) is 1. The van der Waals surface area contributed by atoms with E-state index in [0.717, 1.165) is 37.1 Å². The zero-order valence-electron chi connectivity index (χ0n) is 12.4. The second-order valence-corrected chi connectivity index (χ2v) is 6.01. The van der Waals surface area contributed by atoms with Crippen LogP contribution in [-0.2, 0) is 18.0 Å². The van der Waals surface area contributed by atoms with E-state index in [0.29, 0.717) is 13.2 Å². The van der Waals surface area contributed by atoms with Gasteiger partial charge in [0.15, 0.2) is 0 Å². The first kappa shape index (κ1) is 13.5. The molecule has 0 spiro atoms. The van der Waals surface area contributed by atoms with Crippen molar-refractivity contribution in [2.45, 2.75) is 32.1 Å².